The number of hydrogen-bond donors (Lipinski definition) is 2. The Hall–Kier alpha value is -16.9. The number of benzene rings is 19. The molecule has 0 fully saturated rings. The number of nitrogen functional groups attached to an aromatic ring is 2. The zero-order chi connectivity index (χ0) is 86.0. The van der Waals surface area contributed by atoms with Gasteiger partial charge in [-0.25, -0.2) is 9.97 Å². The molecule has 0 atom stereocenters. The number of carbonyl (C=O) groups is 2. The number of aromatic nitrogens is 6. The van der Waals surface area contributed by atoms with Gasteiger partial charge in [-0.1, -0.05) is 291 Å². The second-order valence-corrected chi connectivity index (χ2v) is 32.0. The van der Waals surface area contributed by atoms with E-state index in [1.165, 1.54) is 23.5 Å². The smallest absolute Gasteiger partial charge is 0.234 e. The number of para-hydroxylation sites is 8. The molecule has 1 aliphatic carbocycles. The molecule has 128 heavy (non-hydrogen) atoms. The summed E-state index contributed by atoms with van der Waals surface area (Å²) in [6.45, 7) is 0. The van der Waals surface area contributed by atoms with Gasteiger partial charge in [0.25, 0.3) is 0 Å². The first-order chi connectivity index (χ1) is 63.2. The van der Waals surface area contributed by atoms with Gasteiger partial charge in [0.1, 0.15) is 33.1 Å². The van der Waals surface area contributed by atoms with E-state index in [9.17, 15) is 9.59 Å². The van der Waals surface area contributed by atoms with Crippen LogP contribution in [0.2, 0.25) is 0 Å². The van der Waals surface area contributed by atoms with Gasteiger partial charge in [-0.3, -0.25) is 9.59 Å². The van der Waals surface area contributed by atoms with Crippen LogP contribution in [0.15, 0.2) is 437 Å². The number of carbonyl (C=O) groups excluding carboxylic acids is 2. The van der Waals surface area contributed by atoms with E-state index in [0.29, 0.717) is 22.5 Å². The van der Waals surface area contributed by atoms with Crippen molar-refractivity contribution in [3.63, 3.8) is 0 Å². The largest absolute Gasteiger partial charge is 0.396 e. The molecule has 3 heterocycles. The van der Waals surface area contributed by atoms with Crippen LogP contribution in [0.3, 0.4) is 0 Å². The quantitative estimate of drug-likeness (QED) is 0.0404. The monoisotopic (exact) mass is 1680 g/mol. The average molecular weight is 1690 g/mol. The molecule has 0 bridgehead atoms. The van der Waals surface area contributed by atoms with Gasteiger partial charge in [0.15, 0.2) is 0 Å². The van der Waals surface area contributed by atoms with Crippen molar-refractivity contribution in [2.24, 2.45) is 0 Å². The molecule has 14 nitrogen and oxygen atoms in total. The van der Waals surface area contributed by atoms with Crippen molar-refractivity contribution >= 4 is 180 Å². The van der Waals surface area contributed by atoms with Crippen molar-refractivity contribution in [3.05, 3.63) is 448 Å². The molecule has 4 N–H and O–H groups in total. The van der Waals surface area contributed by atoms with E-state index < -0.39 is 11.6 Å². The number of Topliss-reactive ketones (excluding diaryl/α,β-unsaturated/α-hetero) is 2. The third kappa shape index (κ3) is 14.6. The Labute approximate surface area is 746 Å². The maximum atomic E-state index is 11.8. The van der Waals surface area contributed by atoms with E-state index in [0.717, 1.165) is 190 Å². The lowest BCUT2D eigenvalue weighted by Gasteiger charge is -2.26. The predicted octanol–water partition coefficient (Wildman–Crippen LogP) is 29.2. The zero-order valence-corrected chi connectivity index (χ0v) is 70.5. The number of hydrogen-bond acceptors (Lipinski definition) is 16. The molecule has 19 aromatic carbocycles. The highest BCUT2D eigenvalue weighted by atomic mass is 32.1. The summed E-state index contributed by atoms with van der Waals surface area (Å²) in [5.41, 5.74) is 43.8. The fourth-order valence-corrected chi connectivity index (χ4v) is 18.6. The summed E-state index contributed by atoms with van der Waals surface area (Å²) < 4.78 is 19.6. The lowest BCUT2D eigenvalue weighted by atomic mass is 9.84. The topological polar surface area (TPSA) is 176 Å². The molecule has 608 valence electrons. The van der Waals surface area contributed by atoms with E-state index in [4.69, 9.17) is 38.9 Å². The van der Waals surface area contributed by atoms with Gasteiger partial charge < -0.3 is 31.1 Å². The van der Waals surface area contributed by atoms with Gasteiger partial charge in [0.05, 0.1) is 45.9 Å². The second-order valence-electron chi connectivity index (χ2n) is 30.9. The first-order valence-electron chi connectivity index (χ1n) is 42.1. The zero-order valence-electron chi connectivity index (χ0n) is 68.8. The lowest BCUT2D eigenvalue weighted by Crippen LogP contribution is -2.20. The van der Waals surface area contributed by atoms with E-state index >= 15 is 0 Å². The minimum absolute atomic E-state index is 0.408. The summed E-state index contributed by atoms with van der Waals surface area (Å²) in [7, 11) is 0. The highest BCUT2D eigenvalue weighted by Gasteiger charge is 2.31. The van der Waals surface area contributed by atoms with Crippen molar-refractivity contribution < 1.29 is 9.59 Å². The lowest BCUT2D eigenvalue weighted by molar-refractivity contribution is 0.0815. The first-order valence-corrected chi connectivity index (χ1v) is 43.5. The van der Waals surface area contributed by atoms with Crippen LogP contribution >= 0.6 is 23.5 Å². The van der Waals surface area contributed by atoms with Crippen molar-refractivity contribution in [2.75, 3.05) is 31.1 Å². The molecule has 23 rings (SSSR count). The highest BCUT2D eigenvalue weighted by molar-refractivity contribution is 7.00. The van der Waals surface area contributed by atoms with Crippen LogP contribution in [0.1, 0.15) is 20.7 Å². The summed E-state index contributed by atoms with van der Waals surface area (Å²) in [5, 5.41) is 4.42. The normalized spacial score (nSPS) is 11.5. The van der Waals surface area contributed by atoms with Crippen molar-refractivity contribution in [2.45, 2.75) is 0 Å². The number of anilines is 14. The Kier molecular flexibility index (Phi) is 21.1. The third-order valence-electron chi connectivity index (χ3n) is 23.4. The van der Waals surface area contributed by atoms with Gasteiger partial charge in [-0.15, -0.1) is 0 Å². The van der Waals surface area contributed by atoms with Gasteiger partial charge in [-0.2, -0.15) is 17.5 Å². The Balaban J connectivity index is 0.000000135. The third-order valence-corrected chi connectivity index (χ3v) is 24.4. The molecule has 0 saturated carbocycles. The minimum Gasteiger partial charge on any atom is -0.396 e. The summed E-state index contributed by atoms with van der Waals surface area (Å²) in [6.07, 6.45) is 0. The van der Waals surface area contributed by atoms with E-state index in [1.54, 1.807) is 24.3 Å². The van der Waals surface area contributed by atoms with Crippen LogP contribution in [0.4, 0.5) is 79.6 Å². The molecule has 1 aliphatic rings. The Morgan fingerprint density at radius 1 is 0.180 bits per heavy atom. The van der Waals surface area contributed by atoms with Crippen molar-refractivity contribution in [1.29, 1.82) is 0 Å². The van der Waals surface area contributed by atoms with E-state index in [1.807, 2.05) is 121 Å². The summed E-state index contributed by atoms with van der Waals surface area (Å²) >= 11 is 2.39. The molecular formula is C112H76N12O2S2. The van der Waals surface area contributed by atoms with Gasteiger partial charge in [-0.05, 0) is 190 Å². The van der Waals surface area contributed by atoms with Gasteiger partial charge >= 0.3 is 0 Å². The second kappa shape index (κ2) is 34.4. The van der Waals surface area contributed by atoms with Crippen LogP contribution in [0.25, 0.3) is 121 Å². The van der Waals surface area contributed by atoms with Crippen LogP contribution in [0.5, 0.6) is 0 Å². The molecule has 22 aromatic rings. The number of nitrogens with two attached hydrogens (primary N) is 2. The minimum atomic E-state index is -0.408. The molecule has 0 spiro atoms. The fourth-order valence-electron chi connectivity index (χ4n) is 17.5. The SMILES string of the molecule is Nc1c(N)c(-c2ccc(N(c3ccccc3)c3ccccc3)cc2)c2nsnc2c1-c1ccc(N(c2ccccc2)c2ccccc2)cc1.O=C1C(=O)c2ccccc2-c2ccccc21.c1ccc(N(c2ccccc2)c2ccc(-c3c4nsnc4c(-c4ccc(N(c5ccccc5)c5ccccc5)cc4)c4nc5c6ccccc6c6ccccc6c5nc34)cc2)cc1. The molecule has 3 aromatic heterocycles. The average Bonchev–Trinajstić information content (AvgIpc) is 1.30. The maximum absolute atomic E-state index is 11.8. The van der Waals surface area contributed by atoms with Gasteiger partial charge in [0, 0.05) is 112 Å². The van der Waals surface area contributed by atoms with Crippen LogP contribution in [-0.2, 0) is 0 Å². The van der Waals surface area contributed by atoms with Crippen molar-refractivity contribution in [1.82, 2.24) is 27.5 Å². The number of fused-ring (bicyclic) bond motifs is 12. The molecule has 0 amide bonds. The van der Waals surface area contributed by atoms with Gasteiger partial charge in [0.2, 0.25) is 11.6 Å². The van der Waals surface area contributed by atoms with Crippen molar-refractivity contribution in [3.8, 4) is 55.6 Å². The Bertz CT molecular complexity index is 7230. The summed E-state index contributed by atoms with van der Waals surface area (Å²) in [4.78, 5) is 44.0. The van der Waals surface area contributed by atoms with Crippen LogP contribution < -0.4 is 31.1 Å². The maximum Gasteiger partial charge on any atom is 0.234 e. The number of ketones is 2. The van der Waals surface area contributed by atoms with Crippen LogP contribution in [0, 0.1) is 0 Å². The van der Waals surface area contributed by atoms with E-state index in [-0.39, 0.29) is 0 Å². The van der Waals surface area contributed by atoms with E-state index in [2.05, 4.69) is 311 Å². The molecule has 0 unspecified atom stereocenters. The molecule has 0 saturated heterocycles. The Morgan fingerprint density at radius 3 is 0.609 bits per heavy atom. The molecule has 0 aliphatic heterocycles. The summed E-state index contributed by atoms with van der Waals surface area (Å²) in [5.74, 6) is -0.816. The molecule has 0 radical (unpaired) electrons. The first kappa shape index (κ1) is 78.3. The molecular weight excluding hydrogens is 1610 g/mol. The predicted molar refractivity (Wildman–Crippen MR) is 530 cm³/mol. The number of rotatable bonds is 16. The summed E-state index contributed by atoms with van der Waals surface area (Å²) in [6, 6.07) is 149. The Morgan fingerprint density at radius 2 is 0.367 bits per heavy atom. The fraction of sp³-hybridized carbons (Fsp3) is 0. The van der Waals surface area contributed by atoms with Crippen LogP contribution in [-0.4, -0.2) is 39.0 Å². The highest BCUT2D eigenvalue weighted by Crippen LogP contribution is 2.50. The number of nitrogens with zero attached hydrogens (tertiary/aromatic N) is 10. The standard InChI is InChI=1S/C56H36N6S.C42H32N6S.C14H8O2/c1-5-17-39(18-6-1)61(40-19-7-2-8-20-40)43-33-29-37(30-34-43)49-53-54(58-52-48-28-16-14-26-46(48)45-25-13-15-27-47(45)51(52)57-53)50(56-55(49)59-63-60-56)38-31-35-44(36-32-38)62(41-21-9-3-10-22-41)42-23-11-4-12-24-42;43-39-37(29-21-25-35(26-22-29)47(31-13-5-1-6-14-31)32-15-7-2-8-16-32)41-42(46-49-45-41)38(40(39)44)30-23-27-36(28-24-30)48(33-17-9-3-10-18-33)34-19-11-4-12-20-34;15-13-11-7-3-1-5-9(11)10-6-2-4-8-12(10)14(13)16/h1-36H;1-28H,43-44H2;1-8H. The molecule has 16 heteroatoms.